The molecule has 0 atom stereocenters. The number of para-hydroxylation sites is 1. The molecule has 0 aliphatic heterocycles. The molecular formula is C24H21N3O5S. The average molecular weight is 464 g/mol. The first-order valence-corrected chi connectivity index (χ1v) is 11.1. The van der Waals surface area contributed by atoms with Gasteiger partial charge in [-0.2, -0.15) is 0 Å². The van der Waals surface area contributed by atoms with Gasteiger partial charge in [0.2, 0.25) is 5.91 Å². The van der Waals surface area contributed by atoms with E-state index in [1.165, 1.54) is 23.4 Å². The summed E-state index contributed by atoms with van der Waals surface area (Å²) in [6, 6.07) is 17.5. The van der Waals surface area contributed by atoms with Gasteiger partial charge < -0.3 is 14.5 Å². The Hall–Kier alpha value is -3.85. The highest BCUT2D eigenvalue weighted by molar-refractivity contribution is 7.99. The Morgan fingerprint density at radius 1 is 1.09 bits per heavy atom. The normalized spacial score (nSPS) is 10.8. The van der Waals surface area contributed by atoms with Gasteiger partial charge in [0, 0.05) is 6.54 Å². The molecule has 0 aliphatic rings. The van der Waals surface area contributed by atoms with Gasteiger partial charge in [-0.05, 0) is 42.0 Å². The number of nitrogens with zero attached hydrogens (tertiary/aromatic N) is 2. The van der Waals surface area contributed by atoms with Crippen LogP contribution in [0.25, 0.3) is 10.9 Å². The highest BCUT2D eigenvalue weighted by Crippen LogP contribution is 2.19. The molecule has 2 aromatic carbocycles. The number of furan rings is 1. The zero-order valence-electron chi connectivity index (χ0n) is 17.8. The molecule has 2 heterocycles. The lowest BCUT2D eigenvalue weighted by molar-refractivity contribution is -0.118. The highest BCUT2D eigenvalue weighted by Gasteiger charge is 2.14. The third-order valence-electron chi connectivity index (χ3n) is 4.92. The monoisotopic (exact) mass is 463 g/mol. The highest BCUT2D eigenvalue weighted by atomic mass is 32.2. The smallest absolute Gasteiger partial charge is 0.337 e. The van der Waals surface area contributed by atoms with Crippen molar-refractivity contribution in [1.29, 1.82) is 0 Å². The van der Waals surface area contributed by atoms with Crippen molar-refractivity contribution >= 4 is 34.5 Å². The topological polar surface area (TPSA) is 103 Å². The summed E-state index contributed by atoms with van der Waals surface area (Å²) in [6.45, 7) is 0.533. The minimum atomic E-state index is -0.412. The van der Waals surface area contributed by atoms with Gasteiger partial charge in [0.05, 0.1) is 42.1 Å². The van der Waals surface area contributed by atoms with E-state index in [2.05, 4.69) is 15.0 Å². The Labute approximate surface area is 193 Å². The van der Waals surface area contributed by atoms with Crippen LogP contribution in [-0.4, -0.2) is 34.3 Å². The van der Waals surface area contributed by atoms with E-state index >= 15 is 0 Å². The summed E-state index contributed by atoms with van der Waals surface area (Å²) in [5, 5.41) is 3.78. The number of benzene rings is 2. The van der Waals surface area contributed by atoms with E-state index in [-0.39, 0.29) is 23.8 Å². The van der Waals surface area contributed by atoms with Gasteiger partial charge in [-0.1, -0.05) is 36.0 Å². The van der Waals surface area contributed by atoms with E-state index in [0.29, 0.717) is 33.9 Å². The van der Waals surface area contributed by atoms with E-state index in [0.717, 1.165) is 5.56 Å². The number of carbonyl (C=O) groups excluding carboxylic acids is 2. The first-order valence-electron chi connectivity index (χ1n) is 10.1. The van der Waals surface area contributed by atoms with E-state index in [1.807, 2.05) is 6.07 Å². The number of fused-ring (bicyclic) bond motifs is 1. The quantitative estimate of drug-likeness (QED) is 0.243. The Morgan fingerprint density at radius 2 is 1.88 bits per heavy atom. The summed E-state index contributed by atoms with van der Waals surface area (Å²) >= 11 is 1.19. The fourth-order valence-corrected chi connectivity index (χ4v) is 4.04. The summed E-state index contributed by atoms with van der Waals surface area (Å²) in [5.41, 5.74) is 1.68. The molecule has 9 heteroatoms. The SMILES string of the molecule is COC(=O)c1ccc(CNC(=O)CSc2nc3ccccc3c(=O)n2Cc2ccco2)cc1. The molecule has 0 spiro atoms. The minimum absolute atomic E-state index is 0.0865. The van der Waals surface area contributed by atoms with E-state index in [1.54, 1.807) is 60.9 Å². The second kappa shape index (κ2) is 10.2. The summed E-state index contributed by atoms with van der Waals surface area (Å²) in [5.74, 6) is 0.0914. The molecular weight excluding hydrogens is 442 g/mol. The minimum Gasteiger partial charge on any atom is -0.467 e. The molecule has 0 saturated carbocycles. The molecule has 0 radical (unpaired) electrons. The molecule has 4 aromatic rings. The Kier molecular flexibility index (Phi) is 6.89. The largest absolute Gasteiger partial charge is 0.467 e. The van der Waals surface area contributed by atoms with E-state index in [4.69, 9.17) is 4.42 Å². The molecule has 1 amide bonds. The standard InChI is InChI=1S/C24H21N3O5S/c1-31-23(30)17-10-8-16(9-11-17)13-25-21(28)15-33-24-26-20-7-3-2-6-19(20)22(29)27(24)14-18-5-4-12-32-18/h2-12H,13-15H2,1H3,(H,25,28). The van der Waals surface area contributed by atoms with Crippen molar-refractivity contribution in [3.63, 3.8) is 0 Å². The van der Waals surface area contributed by atoms with Crippen molar-refractivity contribution in [2.24, 2.45) is 0 Å². The summed E-state index contributed by atoms with van der Waals surface area (Å²) in [7, 11) is 1.33. The van der Waals surface area contributed by atoms with E-state index < -0.39 is 5.97 Å². The number of amides is 1. The molecule has 168 valence electrons. The Balaban J connectivity index is 1.45. The predicted octanol–water partition coefficient (Wildman–Crippen LogP) is 3.23. The maximum atomic E-state index is 13.1. The van der Waals surface area contributed by atoms with Gasteiger partial charge in [-0.15, -0.1) is 0 Å². The number of nitrogens with one attached hydrogen (secondary N) is 1. The second-order valence-corrected chi connectivity index (χ2v) is 8.08. The van der Waals surface area contributed by atoms with Crippen LogP contribution < -0.4 is 10.9 Å². The molecule has 33 heavy (non-hydrogen) atoms. The summed E-state index contributed by atoms with van der Waals surface area (Å²) in [4.78, 5) is 41.6. The molecule has 1 N–H and O–H groups in total. The number of hydrogen-bond acceptors (Lipinski definition) is 7. The van der Waals surface area contributed by atoms with Gasteiger partial charge in [-0.25, -0.2) is 9.78 Å². The molecule has 8 nitrogen and oxygen atoms in total. The van der Waals surface area contributed by atoms with Crippen LogP contribution in [0.4, 0.5) is 0 Å². The van der Waals surface area contributed by atoms with Gasteiger partial charge in [-0.3, -0.25) is 14.2 Å². The average Bonchev–Trinajstić information content (AvgIpc) is 3.36. The maximum absolute atomic E-state index is 13.1. The lowest BCUT2D eigenvalue weighted by atomic mass is 10.1. The van der Waals surface area contributed by atoms with Crippen LogP contribution in [0.1, 0.15) is 21.7 Å². The van der Waals surface area contributed by atoms with Crippen LogP contribution in [0.15, 0.2) is 81.3 Å². The van der Waals surface area contributed by atoms with Crippen molar-refractivity contribution in [3.8, 4) is 0 Å². The molecule has 0 saturated heterocycles. The number of esters is 1. The second-order valence-electron chi connectivity index (χ2n) is 7.14. The maximum Gasteiger partial charge on any atom is 0.337 e. The van der Waals surface area contributed by atoms with Crippen molar-refractivity contribution in [1.82, 2.24) is 14.9 Å². The zero-order valence-corrected chi connectivity index (χ0v) is 18.6. The number of ether oxygens (including phenoxy) is 1. The first-order chi connectivity index (χ1) is 16.0. The van der Waals surface area contributed by atoms with Crippen molar-refractivity contribution in [2.75, 3.05) is 12.9 Å². The van der Waals surface area contributed by atoms with Crippen LogP contribution in [0.5, 0.6) is 0 Å². The fourth-order valence-electron chi connectivity index (χ4n) is 3.21. The third kappa shape index (κ3) is 5.32. The van der Waals surface area contributed by atoms with Gasteiger partial charge in [0.25, 0.3) is 5.56 Å². The van der Waals surface area contributed by atoms with Crippen LogP contribution >= 0.6 is 11.8 Å². The molecule has 0 aliphatic carbocycles. The molecule has 0 bridgehead atoms. The lowest BCUT2D eigenvalue weighted by Gasteiger charge is -2.12. The fraction of sp³-hybridized carbons (Fsp3) is 0.167. The number of thioether (sulfide) groups is 1. The third-order valence-corrected chi connectivity index (χ3v) is 5.89. The first kappa shape index (κ1) is 22.3. The van der Waals surface area contributed by atoms with Gasteiger partial charge in [0.1, 0.15) is 5.76 Å². The van der Waals surface area contributed by atoms with Crippen LogP contribution in [0.2, 0.25) is 0 Å². The lowest BCUT2D eigenvalue weighted by Crippen LogP contribution is -2.27. The number of carbonyl (C=O) groups is 2. The van der Waals surface area contributed by atoms with Gasteiger partial charge in [0.15, 0.2) is 5.16 Å². The van der Waals surface area contributed by atoms with Gasteiger partial charge >= 0.3 is 5.97 Å². The Bertz CT molecular complexity index is 1330. The van der Waals surface area contributed by atoms with Crippen molar-refractivity contribution < 1.29 is 18.7 Å². The molecule has 0 unspecified atom stereocenters. The van der Waals surface area contributed by atoms with Crippen molar-refractivity contribution in [2.45, 2.75) is 18.2 Å². The Morgan fingerprint density at radius 3 is 2.61 bits per heavy atom. The van der Waals surface area contributed by atoms with Crippen LogP contribution in [0, 0.1) is 0 Å². The van der Waals surface area contributed by atoms with E-state index in [9.17, 15) is 14.4 Å². The van der Waals surface area contributed by atoms with Crippen molar-refractivity contribution in [3.05, 3.63) is 94.2 Å². The van der Waals surface area contributed by atoms with Crippen LogP contribution in [-0.2, 0) is 22.6 Å². The summed E-state index contributed by atoms with van der Waals surface area (Å²) in [6.07, 6.45) is 1.55. The number of aromatic nitrogens is 2. The predicted molar refractivity (Wildman–Crippen MR) is 124 cm³/mol. The zero-order chi connectivity index (χ0) is 23.2. The molecule has 2 aromatic heterocycles. The number of methoxy groups -OCH3 is 1. The van der Waals surface area contributed by atoms with Crippen LogP contribution in [0.3, 0.4) is 0 Å². The number of rotatable bonds is 8. The number of hydrogen-bond donors (Lipinski definition) is 1. The summed E-state index contributed by atoms with van der Waals surface area (Å²) < 4.78 is 11.6. The molecule has 4 rings (SSSR count). The molecule has 0 fully saturated rings.